The number of likely N-dealkylation sites (tertiary alicyclic amines) is 1. The standard InChI is InChI=1S/C18H31N3/c1-14-6-7-15(2)17(12-14)18(19-3)13-21-10-8-16(9-11-21)20(4)5/h6-7,12,16,18-19H,8-11,13H2,1-5H3. The maximum atomic E-state index is 3.52. The van der Waals surface area contributed by atoms with Crippen molar-refractivity contribution in [1.82, 2.24) is 15.1 Å². The van der Waals surface area contributed by atoms with E-state index in [0.29, 0.717) is 6.04 Å². The van der Waals surface area contributed by atoms with Gasteiger partial charge in [0, 0.05) is 18.6 Å². The van der Waals surface area contributed by atoms with Crippen LogP contribution in [0.3, 0.4) is 0 Å². The lowest BCUT2D eigenvalue weighted by Crippen LogP contribution is -2.44. The zero-order valence-corrected chi connectivity index (χ0v) is 14.3. The van der Waals surface area contributed by atoms with Gasteiger partial charge in [0.1, 0.15) is 0 Å². The number of hydrogen-bond acceptors (Lipinski definition) is 3. The smallest absolute Gasteiger partial charge is 0.0449 e. The van der Waals surface area contributed by atoms with Crippen LogP contribution in [0.4, 0.5) is 0 Å². The van der Waals surface area contributed by atoms with Crippen LogP contribution in [0.1, 0.15) is 35.6 Å². The molecule has 3 nitrogen and oxygen atoms in total. The number of nitrogens with zero attached hydrogens (tertiary/aromatic N) is 2. The lowest BCUT2D eigenvalue weighted by Gasteiger charge is -2.37. The Balaban J connectivity index is 1.99. The first-order valence-electron chi connectivity index (χ1n) is 8.14. The van der Waals surface area contributed by atoms with E-state index < -0.39 is 0 Å². The molecule has 1 saturated heterocycles. The molecule has 1 unspecified atom stereocenters. The second-order valence-electron chi connectivity index (χ2n) is 6.70. The molecule has 0 saturated carbocycles. The number of likely N-dealkylation sites (N-methyl/N-ethyl adjacent to an activating group) is 1. The molecule has 1 aliphatic rings. The van der Waals surface area contributed by atoms with Crippen molar-refractivity contribution in [3.8, 4) is 0 Å². The van der Waals surface area contributed by atoms with Gasteiger partial charge < -0.3 is 15.1 Å². The van der Waals surface area contributed by atoms with E-state index in [0.717, 1.165) is 12.6 Å². The Labute approximate surface area is 130 Å². The Kier molecular flexibility index (Phi) is 5.80. The van der Waals surface area contributed by atoms with Crippen molar-refractivity contribution in [1.29, 1.82) is 0 Å². The Morgan fingerprint density at radius 3 is 2.48 bits per heavy atom. The molecule has 0 bridgehead atoms. The topological polar surface area (TPSA) is 18.5 Å². The van der Waals surface area contributed by atoms with Gasteiger partial charge in [-0.15, -0.1) is 0 Å². The molecular weight excluding hydrogens is 258 g/mol. The van der Waals surface area contributed by atoms with Gasteiger partial charge in [0.2, 0.25) is 0 Å². The molecule has 21 heavy (non-hydrogen) atoms. The minimum Gasteiger partial charge on any atom is -0.312 e. The van der Waals surface area contributed by atoms with Crippen LogP contribution in [0.25, 0.3) is 0 Å². The monoisotopic (exact) mass is 289 g/mol. The quantitative estimate of drug-likeness (QED) is 0.899. The average molecular weight is 289 g/mol. The first-order chi connectivity index (χ1) is 10.0. The molecule has 0 spiro atoms. The molecule has 0 amide bonds. The molecule has 0 radical (unpaired) electrons. The lowest BCUT2D eigenvalue weighted by molar-refractivity contribution is 0.136. The second kappa shape index (κ2) is 7.39. The third kappa shape index (κ3) is 4.29. The Bertz CT molecular complexity index is 448. The lowest BCUT2D eigenvalue weighted by atomic mass is 9.97. The molecule has 0 aromatic heterocycles. The number of hydrogen-bond donors (Lipinski definition) is 1. The summed E-state index contributed by atoms with van der Waals surface area (Å²) in [5.41, 5.74) is 4.19. The molecule has 1 atom stereocenters. The molecule has 1 aliphatic heterocycles. The first-order valence-corrected chi connectivity index (χ1v) is 8.14. The van der Waals surface area contributed by atoms with Crippen molar-refractivity contribution in [3.05, 3.63) is 34.9 Å². The summed E-state index contributed by atoms with van der Waals surface area (Å²) in [7, 11) is 6.48. The molecule has 1 fully saturated rings. The predicted molar refractivity (Wildman–Crippen MR) is 90.9 cm³/mol. The van der Waals surface area contributed by atoms with E-state index in [9.17, 15) is 0 Å². The van der Waals surface area contributed by atoms with Crippen molar-refractivity contribution >= 4 is 0 Å². The fraction of sp³-hybridized carbons (Fsp3) is 0.667. The molecule has 1 heterocycles. The van der Waals surface area contributed by atoms with Gasteiger partial charge in [-0.3, -0.25) is 0 Å². The molecule has 118 valence electrons. The third-order valence-electron chi connectivity index (χ3n) is 4.89. The van der Waals surface area contributed by atoms with Gasteiger partial charge in [-0.25, -0.2) is 0 Å². The second-order valence-corrected chi connectivity index (χ2v) is 6.70. The minimum atomic E-state index is 0.431. The fourth-order valence-electron chi connectivity index (χ4n) is 3.36. The van der Waals surface area contributed by atoms with Gasteiger partial charge in [0.15, 0.2) is 0 Å². The van der Waals surface area contributed by atoms with Gasteiger partial charge >= 0.3 is 0 Å². The molecule has 0 aliphatic carbocycles. The summed E-state index contributed by atoms with van der Waals surface area (Å²) in [6.45, 7) is 7.94. The Morgan fingerprint density at radius 1 is 1.24 bits per heavy atom. The minimum absolute atomic E-state index is 0.431. The summed E-state index contributed by atoms with van der Waals surface area (Å²) in [6.07, 6.45) is 2.58. The van der Waals surface area contributed by atoms with Crippen LogP contribution in [0.2, 0.25) is 0 Å². The third-order valence-corrected chi connectivity index (χ3v) is 4.89. The molecule has 1 aromatic rings. The summed E-state index contributed by atoms with van der Waals surface area (Å²) in [5, 5.41) is 3.52. The van der Waals surface area contributed by atoms with Gasteiger partial charge in [-0.1, -0.05) is 23.8 Å². The zero-order valence-electron chi connectivity index (χ0n) is 14.3. The van der Waals surface area contributed by atoms with Crippen LogP contribution >= 0.6 is 0 Å². The first kappa shape index (κ1) is 16.5. The average Bonchev–Trinajstić information content (AvgIpc) is 2.48. The van der Waals surface area contributed by atoms with E-state index in [1.54, 1.807) is 0 Å². The molecular formula is C18H31N3. The van der Waals surface area contributed by atoms with Crippen molar-refractivity contribution in [3.63, 3.8) is 0 Å². The molecule has 1 aromatic carbocycles. The maximum Gasteiger partial charge on any atom is 0.0449 e. The summed E-state index contributed by atoms with van der Waals surface area (Å²) < 4.78 is 0. The highest BCUT2D eigenvalue weighted by Gasteiger charge is 2.23. The number of nitrogens with one attached hydrogen (secondary N) is 1. The van der Waals surface area contributed by atoms with Gasteiger partial charge in [-0.05, 0) is 72.0 Å². The van der Waals surface area contributed by atoms with Crippen LogP contribution in [0, 0.1) is 13.8 Å². The van der Waals surface area contributed by atoms with E-state index in [1.165, 1.54) is 42.6 Å². The van der Waals surface area contributed by atoms with Crippen molar-refractivity contribution in [2.75, 3.05) is 40.8 Å². The van der Waals surface area contributed by atoms with E-state index in [-0.39, 0.29) is 0 Å². The van der Waals surface area contributed by atoms with Crippen LogP contribution in [0.15, 0.2) is 18.2 Å². The van der Waals surface area contributed by atoms with Gasteiger partial charge in [-0.2, -0.15) is 0 Å². The summed E-state index contributed by atoms with van der Waals surface area (Å²) in [5.74, 6) is 0. The highest BCUT2D eigenvalue weighted by Crippen LogP contribution is 2.22. The Morgan fingerprint density at radius 2 is 1.90 bits per heavy atom. The number of aryl methyl sites for hydroxylation is 2. The van der Waals surface area contributed by atoms with E-state index >= 15 is 0 Å². The Hall–Kier alpha value is -0.900. The molecule has 3 heteroatoms. The predicted octanol–water partition coefficient (Wildman–Crippen LogP) is 2.59. The largest absolute Gasteiger partial charge is 0.312 e. The van der Waals surface area contributed by atoms with Crippen LogP contribution < -0.4 is 5.32 Å². The number of rotatable bonds is 5. The summed E-state index contributed by atoms with van der Waals surface area (Å²) >= 11 is 0. The fourth-order valence-corrected chi connectivity index (χ4v) is 3.36. The summed E-state index contributed by atoms with van der Waals surface area (Å²) in [4.78, 5) is 4.99. The SMILES string of the molecule is CNC(CN1CCC(N(C)C)CC1)c1cc(C)ccc1C. The summed E-state index contributed by atoms with van der Waals surface area (Å²) in [6, 6.07) is 7.97. The van der Waals surface area contributed by atoms with Crippen LogP contribution in [-0.4, -0.2) is 56.6 Å². The van der Waals surface area contributed by atoms with E-state index in [1.807, 2.05) is 0 Å². The van der Waals surface area contributed by atoms with Crippen molar-refractivity contribution < 1.29 is 0 Å². The highest BCUT2D eigenvalue weighted by molar-refractivity contribution is 5.33. The normalized spacial score (nSPS) is 19.1. The van der Waals surface area contributed by atoms with Gasteiger partial charge in [0.05, 0.1) is 0 Å². The van der Waals surface area contributed by atoms with Crippen LogP contribution in [-0.2, 0) is 0 Å². The van der Waals surface area contributed by atoms with E-state index in [2.05, 4.69) is 68.3 Å². The van der Waals surface area contributed by atoms with Crippen molar-refractivity contribution in [2.45, 2.75) is 38.8 Å². The molecule has 1 N–H and O–H groups in total. The van der Waals surface area contributed by atoms with Crippen molar-refractivity contribution in [2.24, 2.45) is 0 Å². The maximum absolute atomic E-state index is 3.52. The molecule has 2 rings (SSSR count). The van der Waals surface area contributed by atoms with Crippen LogP contribution in [0.5, 0.6) is 0 Å². The van der Waals surface area contributed by atoms with E-state index in [4.69, 9.17) is 0 Å². The number of piperidine rings is 1. The zero-order chi connectivity index (χ0) is 15.4. The highest BCUT2D eigenvalue weighted by atomic mass is 15.2. The van der Waals surface area contributed by atoms with Gasteiger partial charge in [0.25, 0.3) is 0 Å². The number of benzene rings is 1.